The summed E-state index contributed by atoms with van der Waals surface area (Å²) in [6, 6.07) is 9.44. The maximum atomic E-state index is 5.92. The van der Waals surface area contributed by atoms with Gasteiger partial charge in [-0.15, -0.1) is 0 Å². The molecule has 0 aromatic heterocycles. The van der Waals surface area contributed by atoms with Gasteiger partial charge in [-0.2, -0.15) is 0 Å². The Morgan fingerprint density at radius 2 is 2.00 bits per heavy atom. The summed E-state index contributed by atoms with van der Waals surface area (Å²) >= 11 is 0. The Kier molecular flexibility index (Phi) is 4.61. The maximum absolute atomic E-state index is 5.92. The number of benzene rings is 1. The Bertz CT molecular complexity index is 359. The van der Waals surface area contributed by atoms with E-state index in [1.807, 2.05) is 12.1 Å². The van der Waals surface area contributed by atoms with Gasteiger partial charge < -0.3 is 10.5 Å². The van der Waals surface area contributed by atoms with Crippen LogP contribution in [0.4, 0.5) is 0 Å². The number of nitrogens with two attached hydrogens (primary N) is 1. The molecule has 0 saturated heterocycles. The maximum Gasteiger partial charge on any atom is 0.119 e. The number of rotatable bonds is 7. The molecule has 1 fully saturated rings. The second-order valence-corrected chi connectivity index (χ2v) is 5.07. The first-order valence-corrected chi connectivity index (χ1v) is 6.91. The van der Waals surface area contributed by atoms with E-state index in [1.165, 1.54) is 18.4 Å². The van der Waals surface area contributed by atoms with Crippen LogP contribution in [0.15, 0.2) is 24.3 Å². The van der Waals surface area contributed by atoms with Gasteiger partial charge in [0.15, 0.2) is 0 Å². The van der Waals surface area contributed by atoms with Gasteiger partial charge in [0, 0.05) is 18.6 Å². The molecule has 1 aromatic carbocycles. The number of hydrogen-bond donors (Lipinski definition) is 1. The van der Waals surface area contributed by atoms with Gasteiger partial charge in [0.05, 0.1) is 6.61 Å². The predicted molar refractivity (Wildman–Crippen MR) is 74.8 cm³/mol. The van der Waals surface area contributed by atoms with Crippen molar-refractivity contribution in [3.05, 3.63) is 29.8 Å². The lowest BCUT2D eigenvalue weighted by Gasteiger charge is -2.27. The Labute approximate surface area is 110 Å². The van der Waals surface area contributed by atoms with E-state index in [0.717, 1.165) is 24.8 Å². The summed E-state index contributed by atoms with van der Waals surface area (Å²) in [6.45, 7) is 3.56. The molecule has 1 aliphatic carbocycles. The van der Waals surface area contributed by atoms with E-state index in [0.29, 0.717) is 12.6 Å². The van der Waals surface area contributed by atoms with Gasteiger partial charge in [0.25, 0.3) is 0 Å². The van der Waals surface area contributed by atoms with Gasteiger partial charge in [-0.25, -0.2) is 0 Å². The quantitative estimate of drug-likeness (QED) is 0.806. The van der Waals surface area contributed by atoms with Crippen molar-refractivity contribution in [2.75, 3.05) is 20.2 Å². The second kappa shape index (κ2) is 6.21. The predicted octanol–water partition coefficient (Wildman–Crippen LogP) is 2.57. The van der Waals surface area contributed by atoms with E-state index in [-0.39, 0.29) is 0 Å². The Morgan fingerprint density at radius 1 is 1.33 bits per heavy atom. The topological polar surface area (TPSA) is 38.5 Å². The Hall–Kier alpha value is -1.06. The zero-order valence-electron chi connectivity index (χ0n) is 11.4. The number of nitrogens with zero attached hydrogens (tertiary/aromatic N) is 1. The van der Waals surface area contributed by atoms with E-state index in [9.17, 15) is 0 Å². The number of hydrogen-bond acceptors (Lipinski definition) is 3. The molecule has 2 N–H and O–H groups in total. The molecule has 0 aliphatic heterocycles. The zero-order chi connectivity index (χ0) is 13.0. The van der Waals surface area contributed by atoms with Crippen molar-refractivity contribution in [1.29, 1.82) is 0 Å². The lowest BCUT2D eigenvalue weighted by atomic mass is 10.1. The summed E-state index contributed by atoms with van der Waals surface area (Å²) in [6.07, 6.45) is 3.66. The van der Waals surface area contributed by atoms with Crippen LogP contribution in [0.1, 0.15) is 37.8 Å². The van der Waals surface area contributed by atoms with Crippen LogP contribution in [-0.2, 0) is 0 Å². The van der Waals surface area contributed by atoms with E-state index in [1.54, 1.807) is 0 Å². The Morgan fingerprint density at radius 3 is 2.50 bits per heavy atom. The van der Waals surface area contributed by atoms with Crippen LogP contribution < -0.4 is 10.5 Å². The molecule has 0 spiro atoms. The normalized spacial score (nSPS) is 16.9. The molecule has 0 bridgehead atoms. The lowest BCUT2D eigenvalue weighted by molar-refractivity contribution is 0.240. The number of likely N-dealkylation sites (N-methyl/N-ethyl adjacent to an activating group) is 1. The first-order chi connectivity index (χ1) is 8.76. The third-order valence-corrected chi connectivity index (χ3v) is 3.58. The van der Waals surface area contributed by atoms with Crippen LogP contribution >= 0.6 is 0 Å². The summed E-state index contributed by atoms with van der Waals surface area (Å²) in [5.41, 5.74) is 7.20. The average Bonchev–Trinajstić information content (AvgIpc) is 3.23. The zero-order valence-corrected chi connectivity index (χ0v) is 11.4. The lowest BCUT2D eigenvalue weighted by Crippen LogP contribution is -2.32. The molecule has 3 heteroatoms. The number of ether oxygens (including phenoxy) is 1. The molecule has 1 unspecified atom stereocenters. The largest absolute Gasteiger partial charge is 0.494 e. The molecular formula is C15H24N2O. The fourth-order valence-electron chi connectivity index (χ4n) is 2.28. The molecule has 1 atom stereocenters. The molecule has 1 saturated carbocycles. The van der Waals surface area contributed by atoms with Crippen molar-refractivity contribution in [2.45, 2.75) is 38.3 Å². The van der Waals surface area contributed by atoms with Crippen LogP contribution in [0.3, 0.4) is 0 Å². The van der Waals surface area contributed by atoms with Gasteiger partial charge >= 0.3 is 0 Å². The van der Waals surface area contributed by atoms with Gasteiger partial charge in [0.1, 0.15) is 5.75 Å². The van der Waals surface area contributed by atoms with Crippen LogP contribution in [0, 0.1) is 0 Å². The van der Waals surface area contributed by atoms with Gasteiger partial charge in [-0.3, -0.25) is 4.90 Å². The summed E-state index contributed by atoms with van der Waals surface area (Å²) in [4.78, 5) is 2.40. The monoisotopic (exact) mass is 248 g/mol. The molecule has 0 amide bonds. The van der Waals surface area contributed by atoms with E-state index in [4.69, 9.17) is 10.5 Å². The van der Waals surface area contributed by atoms with E-state index in [2.05, 4.69) is 31.0 Å². The molecule has 100 valence electrons. The third kappa shape index (κ3) is 3.24. The fourth-order valence-corrected chi connectivity index (χ4v) is 2.28. The average molecular weight is 248 g/mol. The van der Waals surface area contributed by atoms with Crippen LogP contribution in [-0.4, -0.2) is 31.1 Å². The SMILES string of the molecule is CCCOc1ccc(C(CN)N(C)C2CC2)cc1. The summed E-state index contributed by atoms with van der Waals surface area (Å²) < 4.78 is 5.60. The molecule has 1 aliphatic rings. The standard InChI is InChI=1S/C15H24N2O/c1-3-10-18-14-8-4-12(5-9-14)15(11-16)17(2)13-6-7-13/h4-5,8-9,13,15H,3,6-7,10-11,16H2,1-2H3. The van der Waals surface area contributed by atoms with Crippen molar-refractivity contribution < 1.29 is 4.74 Å². The summed E-state index contributed by atoms with van der Waals surface area (Å²) in [7, 11) is 2.18. The molecule has 0 radical (unpaired) electrons. The van der Waals surface area contributed by atoms with Gasteiger partial charge in [-0.05, 0) is 44.0 Å². The summed E-state index contributed by atoms with van der Waals surface area (Å²) in [5, 5.41) is 0. The minimum Gasteiger partial charge on any atom is -0.494 e. The van der Waals surface area contributed by atoms with E-state index >= 15 is 0 Å². The third-order valence-electron chi connectivity index (χ3n) is 3.58. The van der Waals surface area contributed by atoms with Crippen molar-refractivity contribution >= 4 is 0 Å². The molecule has 0 heterocycles. The summed E-state index contributed by atoms with van der Waals surface area (Å²) in [5.74, 6) is 0.949. The highest BCUT2D eigenvalue weighted by molar-refractivity contribution is 5.29. The van der Waals surface area contributed by atoms with Crippen LogP contribution in [0.5, 0.6) is 5.75 Å². The molecular weight excluding hydrogens is 224 g/mol. The molecule has 2 rings (SSSR count). The minimum absolute atomic E-state index is 0.331. The van der Waals surface area contributed by atoms with Crippen LogP contribution in [0.2, 0.25) is 0 Å². The van der Waals surface area contributed by atoms with Crippen molar-refractivity contribution in [3.63, 3.8) is 0 Å². The van der Waals surface area contributed by atoms with Crippen molar-refractivity contribution in [3.8, 4) is 5.75 Å². The first-order valence-electron chi connectivity index (χ1n) is 6.91. The second-order valence-electron chi connectivity index (χ2n) is 5.07. The van der Waals surface area contributed by atoms with Crippen LogP contribution in [0.25, 0.3) is 0 Å². The highest BCUT2D eigenvalue weighted by atomic mass is 16.5. The van der Waals surface area contributed by atoms with Gasteiger partial charge in [-0.1, -0.05) is 19.1 Å². The smallest absolute Gasteiger partial charge is 0.119 e. The van der Waals surface area contributed by atoms with Crippen molar-refractivity contribution in [2.24, 2.45) is 5.73 Å². The molecule has 3 nitrogen and oxygen atoms in total. The molecule has 1 aromatic rings. The Balaban J connectivity index is 2.01. The van der Waals surface area contributed by atoms with E-state index < -0.39 is 0 Å². The van der Waals surface area contributed by atoms with Gasteiger partial charge in [0.2, 0.25) is 0 Å². The highest BCUT2D eigenvalue weighted by Gasteiger charge is 2.31. The highest BCUT2D eigenvalue weighted by Crippen LogP contribution is 2.32. The first kappa shape index (κ1) is 13.4. The molecule has 18 heavy (non-hydrogen) atoms. The minimum atomic E-state index is 0.331. The fraction of sp³-hybridized carbons (Fsp3) is 0.600. The van der Waals surface area contributed by atoms with Crippen molar-refractivity contribution in [1.82, 2.24) is 4.90 Å².